The van der Waals surface area contributed by atoms with Gasteiger partial charge in [-0.2, -0.15) is 0 Å². The number of piperidine rings is 1. The number of amides is 1. The second kappa shape index (κ2) is 8.42. The fourth-order valence-corrected chi connectivity index (χ4v) is 4.15. The van der Waals surface area contributed by atoms with Crippen molar-refractivity contribution in [1.29, 1.82) is 0 Å². The highest BCUT2D eigenvalue weighted by molar-refractivity contribution is 5.80. The highest BCUT2D eigenvalue weighted by Crippen LogP contribution is 2.29. The van der Waals surface area contributed by atoms with Crippen LogP contribution < -0.4 is 9.80 Å². The van der Waals surface area contributed by atoms with Gasteiger partial charge < -0.3 is 14.7 Å². The third kappa shape index (κ3) is 4.13. The zero-order valence-corrected chi connectivity index (χ0v) is 16.2. The predicted octanol–water partition coefficient (Wildman–Crippen LogP) is 1.95. The first-order valence-electron chi connectivity index (χ1n) is 9.91. The highest BCUT2D eigenvalue weighted by atomic mass is 16.6. The van der Waals surface area contributed by atoms with E-state index in [-0.39, 0.29) is 22.4 Å². The summed E-state index contributed by atoms with van der Waals surface area (Å²) >= 11 is 0. The molecule has 0 aliphatic carbocycles. The number of carbonyl (C=O) groups excluding carboxylic acids is 1. The second-order valence-corrected chi connectivity index (χ2v) is 7.41. The van der Waals surface area contributed by atoms with Gasteiger partial charge in [-0.3, -0.25) is 19.9 Å². The maximum Gasteiger partial charge on any atom is 0.292 e. The molecule has 1 aromatic heterocycles. The Morgan fingerprint density at radius 1 is 1.07 bits per heavy atom. The lowest BCUT2D eigenvalue weighted by atomic mass is 9.96. The van der Waals surface area contributed by atoms with E-state index in [9.17, 15) is 14.9 Å². The molecule has 9 nitrogen and oxygen atoms in total. The molecule has 0 radical (unpaired) electrons. The van der Waals surface area contributed by atoms with Crippen LogP contribution in [0, 0.1) is 16.0 Å². The molecule has 9 heteroatoms. The van der Waals surface area contributed by atoms with Crippen LogP contribution in [0.2, 0.25) is 0 Å². The zero-order valence-electron chi connectivity index (χ0n) is 16.2. The molecule has 0 spiro atoms. The lowest BCUT2D eigenvalue weighted by Crippen LogP contribution is -2.52. The number of para-hydroxylation sites is 2. The average Bonchev–Trinajstić information content (AvgIpc) is 2.79. The first kappa shape index (κ1) is 19.1. The second-order valence-electron chi connectivity index (χ2n) is 7.41. The van der Waals surface area contributed by atoms with Crippen molar-refractivity contribution in [3.8, 4) is 0 Å². The summed E-state index contributed by atoms with van der Waals surface area (Å²) in [4.78, 5) is 38.5. The van der Waals surface area contributed by atoms with Gasteiger partial charge in [-0.05, 0) is 18.9 Å². The van der Waals surface area contributed by atoms with Gasteiger partial charge in [-0.25, -0.2) is 4.98 Å². The predicted molar refractivity (Wildman–Crippen MR) is 109 cm³/mol. The van der Waals surface area contributed by atoms with E-state index in [0.29, 0.717) is 38.4 Å². The number of benzene rings is 1. The van der Waals surface area contributed by atoms with Gasteiger partial charge in [0.15, 0.2) is 0 Å². The quantitative estimate of drug-likeness (QED) is 0.576. The van der Waals surface area contributed by atoms with E-state index in [2.05, 4.69) is 14.9 Å². The summed E-state index contributed by atoms with van der Waals surface area (Å²) in [5.41, 5.74) is 0.732. The Bertz CT molecular complexity index is 870. The van der Waals surface area contributed by atoms with Crippen LogP contribution in [-0.4, -0.2) is 65.0 Å². The van der Waals surface area contributed by atoms with Gasteiger partial charge in [0.05, 0.1) is 17.0 Å². The molecule has 29 heavy (non-hydrogen) atoms. The van der Waals surface area contributed by atoms with E-state index in [1.165, 1.54) is 6.07 Å². The molecular weight excluding hydrogens is 372 g/mol. The van der Waals surface area contributed by atoms with Crippen molar-refractivity contribution in [2.24, 2.45) is 5.92 Å². The van der Waals surface area contributed by atoms with Gasteiger partial charge in [-0.15, -0.1) is 0 Å². The molecule has 1 aromatic carbocycles. The molecule has 1 atom stereocenters. The molecule has 1 amide bonds. The third-order valence-corrected chi connectivity index (χ3v) is 5.65. The molecule has 2 fully saturated rings. The number of nitro benzene ring substituents is 1. The zero-order chi connectivity index (χ0) is 20.2. The number of anilines is 2. The van der Waals surface area contributed by atoms with Crippen LogP contribution in [-0.2, 0) is 4.79 Å². The maximum absolute atomic E-state index is 13.1. The minimum atomic E-state index is -0.351. The Morgan fingerprint density at radius 3 is 2.59 bits per heavy atom. The van der Waals surface area contributed by atoms with Crippen molar-refractivity contribution in [1.82, 2.24) is 14.9 Å². The molecule has 2 aliphatic rings. The smallest absolute Gasteiger partial charge is 0.292 e. The third-order valence-electron chi connectivity index (χ3n) is 5.65. The van der Waals surface area contributed by atoms with E-state index >= 15 is 0 Å². The van der Waals surface area contributed by atoms with Crippen LogP contribution in [0.25, 0.3) is 0 Å². The molecule has 2 aliphatic heterocycles. The molecule has 0 bridgehead atoms. The number of aromatic nitrogens is 2. The van der Waals surface area contributed by atoms with E-state index in [1.807, 2.05) is 15.9 Å². The minimum Gasteiger partial charge on any atom is -0.362 e. The van der Waals surface area contributed by atoms with Gasteiger partial charge in [0.25, 0.3) is 5.69 Å². The summed E-state index contributed by atoms with van der Waals surface area (Å²) in [7, 11) is 0. The number of rotatable bonds is 4. The van der Waals surface area contributed by atoms with Crippen molar-refractivity contribution in [3.63, 3.8) is 0 Å². The Kier molecular flexibility index (Phi) is 5.55. The normalized spacial score (nSPS) is 19.9. The highest BCUT2D eigenvalue weighted by Gasteiger charge is 2.32. The summed E-state index contributed by atoms with van der Waals surface area (Å²) in [6.45, 7) is 3.88. The molecule has 0 N–H and O–H groups in total. The first-order chi connectivity index (χ1) is 14.1. The maximum atomic E-state index is 13.1. The largest absolute Gasteiger partial charge is 0.362 e. The topological polar surface area (TPSA) is 95.7 Å². The van der Waals surface area contributed by atoms with E-state index in [1.54, 1.807) is 30.7 Å². The molecule has 2 aromatic rings. The number of nitrogens with zero attached hydrogens (tertiary/aromatic N) is 6. The molecular formula is C20H24N6O3. The Morgan fingerprint density at radius 2 is 1.86 bits per heavy atom. The van der Waals surface area contributed by atoms with Gasteiger partial charge in [0, 0.05) is 57.7 Å². The van der Waals surface area contributed by atoms with Crippen LogP contribution in [0.5, 0.6) is 0 Å². The van der Waals surface area contributed by atoms with Gasteiger partial charge in [-0.1, -0.05) is 12.1 Å². The monoisotopic (exact) mass is 396 g/mol. The fraction of sp³-hybridized carbons (Fsp3) is 0.450. The summed E-state index contributed by atoms with van der Waals surface area (Å²) in [6.07, 6.45) is 6.87. The summed E-state index contributed by atoms with van der Waals surface area (Å²) in [5.74, 6) is 0.926. The van der Waals surface area contributed by atoms with E-state index in [4.69, 9.17) is 0 Å². The number of hydrogen-bond donors (Lipinski definition) is 0. The van der Waals surface area contributed by atoms with Crippen LogP contribution in [0.1, 0.15) is 12.8 Å². The fourth-order valence-electron chi connectivity index (χ4n) is 4.15. The molecule has 1 unspecified atom stereocenters. The van der Waals surface area contributed by atoms with Crippen LogP contribution >= 0.6 is 0 Å². The van der Waals surface area contributed by atoms with Gasteiger partial charge in [0.1, 0.15) is 11.5 Å². The lowest BCUT2D eigenvalue weighted by Gasteiger charge is -2.39. The van der Waals surface area contributed by atoms with Crippen LogP contribution in [0.15, 0.2) is 42.9 Å². The van der Waals surface area contributed by atoms with Gasteiger partial charge >= 0.3 is 0 Å². The molecule has 2 saturated heterocycles. The van der Waals surface area contributed by atoms with Crippen molar-refractivity contribution in [3.05, 3.63) is 53.0 Å². The van der Waals surface area contributed by atoms with Crippen molar-refractivity contribution >= 4 is 23.1 Å². The summed E-state index contributed by atoms with van der Waals surface area (Å²) in [6, 6.07) is 6.78. The molecule has 4 rings (SSSR count). The first-order valence-corrected chi connectivity index (χ1v) is 9.91. The number of piperazine rings is 1. The Hall–Kier alpha value is -3.23. The Labute approximate surface area is 169 Å². The molecule has 3 heterocycles. The Balaban J connectivity index is 1.37. The van der Waals surface area contributed by atoms with E-state index < -0.39 is 0 Å². The van der Waals surface area contributed by atoms with Crippen molar-refractivity contribution in [2.75, 3.05) is 49.1 Å². The lowest BCUT2D eigenvalue weighted by molar-refractivity contribution is -0.384. The summed E-state index contributed by atoms with van der Waals surface area (Å²) in [5, 5.41) is 11.3. The number of nitro groups is 1. The van der Waals surface area contributed by atoms with Crippen molar-refractivity contribution in [2.45, 2.75) is 12.8 Å². The van der Waals surface area contributed by atoms with Crippen LogP contribution in [0.3, 0.4) is 0 Å². The summed E-state index contributed by atoms with van der Waals surface area (Å²) < 4.78 is 0. The molecule has 0 saturated carbocycles. The number of hydrogen-bond acceptors (Lipinski definition) is 7. The number of carbonyl (C=O) groups is 1. The van der Waals surface area contributed by atoms with Crippen LogP contribution in [0.4, 0.5) is 17.2 Å². The average molecular weight is 396 g/mol. The minimum absolute atomic E-state index is 0.0524. The van der Waals surface area contributed by atoms with Crippen molar-refractivity contribution < 1.29 is 9.72 Å². The molecule has 152 valence electrons. The SMILES string of the molecule is O=C(C1CCCN(c2cnccn2)C1)N1CCN(c2ccccc2[N+](=O)[O-])CC1. The standard InChI is InChI=1S/C20H24N6O3/c27-20(16-4-3-9-25(15-16)19-14-21-7-8-22-19)24-12-10-23(11-13-24)17-5-1-2-6-18(17)26(28)29/h1-2,5-8,14,16H,3-4,9-13,15H2. The van der Waals surface area contributed by atoms with E-state index in [0.717, 1.165) is 25.2 Å². The van der Waals surface area contributed by atoms with Gasteiger partial charge in [0.2, 0.25) is 5.91 Å².